The minimum atomic E-state index is -0.144. The summed E-state index contributed by atoms with van der Waals surface area (Å²) in [6, 6.07) is 7.06. The van der Waals surface area contributed by atoms with Gasteiger partial charge in [-0.2, -0.15) is 0 Å². The summed E-state index contributed by atoms with van der Waals surface area (Å²) in [5, 5.41) is 2.92. The van der Waals surface area contributed by atoms with Gasteiger partial charge in [-0.3, -0.25) is 4.79 Å². The first-order chi connectivity index (χ1) is 9.56. The Kier molecular flexibility index (Phi) is 7.04. The van der Waals surface area contributed by atoms with Crippen LogP contribution in [0.4, 0.5) is 0 Å². The molecule has 0 saturated heterocycles. The number of hydrogen-bond donors (Lipinski definition) is 2. The third-order valence-electron chi connectivity index (χ3n) is 2.69. The average molecular weight is 280 g/mol. The van der Waals surface area contributed by atoms with E-state index in [0.29, 0.717) is 30.9 Å². The van der Waals surface area contributed by atoms with E-state index in [2.05, 4.69) is 5.32 Å². The van der Waals surface area contributed by atoms with Crippen molar-refractivity contribution in [3.8, 4) is 5.75 Å². The van der Waals surface area contributed by atoms with Gasteiger partial charge in [0.1, 0.15) is 5.75 Å². The molecule has 0 fully saturated rings. The standard InChI is InChI=1S/C15H24N2O3/c1-11(2)20-14-6-4-5-12(9-14)15(18)17-13(7-8-16)10-19-3/h4-6,9,11,13H,7-8,10,16H2,1-3H3,(H,17,18). The van der Waals surface area contributed by atoms with Crippen LogP contribution in [0.25, 0.3) is 0 Å². The molecule has 20 heavy (non-hydrogen) atoms. The maximum absolute atomic E-state index is 12.2. The van der Waals surface area contributed by atoms with Crippen molar-refractivity contribution in [1.29, 1.82) is 0 Å². The summed E-state index contributed by atoms with van der Waals surface area (Å²) in [5.41, 5.74) is 6.10. The van der Waals surface area contributed by atoms with E-state index in [4.69, 9.17) is 15.2 Å². The summed E-state index contributed by atoms with van der Waals surface area (Å²) in [4.78, 5) is 12.2. The van der Waals surface area contributed by atoms with Crippen molar-refractivity contribution in [1.82, 2.24) is 5.32 Å². The van der Waals surface area contributed by atoms with Gasteiger partial charge in [0.05, 0.1) is 18.8 Å². The maximum Gasteiger partial charge on any atom is 0.251 e. The summed E-state index contributed by atoms with van der Waals surface area (Å²) in [6.07, 6.45) is 0.758. The number of hydrogen-bond acceptors (Lipinski definition) is 4. The van der Waals surface area contributed by atoms with Crippen LogP contribution in [-0.2, 0) is 4.74 Å². The molecular weight excluding hydrogens is 256 g/mol. The first-order valence-electron chi connectivity index (χ1n) is 6.83. The van der Waals surface area contributed by atoms with E-state index in [1.54, 1.807) is 25.3 Å². The minimum Gasteiger partial charge on any atom is -0.491 e. The average Bonchev–Trinajstić information content (AvgIpc) is 2.38. The van der Waals surface area contributed by atoms with Crippen molar-refractivity contribution in [2.75, 3.05) is 20.3 Å². The van der Waals surface area contributed by atoms with Gasteiger partial charge in [-0.1, -0.05) is 6.07 Å². The largest absolute Gasteiger partial charge is 0.491 e. The third-order valence-corrected chi connectivity index (χ3v) is 2.69. The molecule has 112 valence electrons. The number of rotatable bonds is 8. The summed E-state index contributed by atoms with van der Waals surface area (Å²) < 4.78 is 10.7. The molecule has 1 aromatic carbocycles. The van der Waals surface area contributed by atoms with Crippen LogP contribution >= 0.6 is 0 Å². The van der Waals surface area contributed by atoms with E-state index in [0.717, 1.165) is 0 Å². The quantitative estimate of drug-likeness (QED) is 0.758. The fourth-order valence-electron chi connectivity index (χ4n) is 1.85. The molecule has 5 nitrogen and oxygen atoms in total. The van der Waals surface area contributed by atoms with Crippen molar-refractivity contribution in [2.24, 2.45) is 5.73 Å². The molecule has 0 bridgehead atoms. The molecule has 0 saturated carbocycles. The van der Waals surface area contributed by atoms with Gasteiger partial charge in [-0.25, -0.2) is 0 Å². The zero-order chi connectivity index (χ0) is 15.0. The molecule has 0 spiro atoms. The Hall–Kier alpha value is -1.59. The van der Waals surface area contributed by atoms with Gasteiger partial charge < -0.3 is 20.5 Å². The van der Waals surface area contributed by atoms with Crippen LogP contribution in [0.3, 0.4) is 0 Å². The second-order valence-corrected chi connectivity index (χ2v) is 4.90. The molecule has 3 N–H and O–H groups in total. The molecule has 5 heteroatoms. The molecule has 0 radical (unpaired) electrons. The number of nitrogens with one attached hydrogen (secondary N) is 1. The van der Waals surface area contributed by atoms with Crippen LogP contribution in [0.2, 0.25) is 0 Å². The molecule has 1 amide bonds. The lowest BCUT2D eigenvalue weighted by molar-refractivity contribution is 0.0892. The summed E-state index contributed by atoms with van der Waals surface area (Å²) in [5.74, 6) is 0.546. The number of carbonyl (C=O) groups excluding carboxylic acids is 1. The van der Waals surface area contributed by atoms with Crippen LogP contribution in [0.5, 0.6) is 5.75 Å². The predicted octanol–water partition coefficient (Wildman–Crippen LogP) is 1.57. The Labute approximate surface area is 120 Å². The van der Waals surface area contributed by atoms with E-state index < -0.39 is 0 Å². The molecule has 0 aliphatic rings. The fraction of sp³-hybridized carbons (Fsp3) is 0.533. The Morgan fingerprint density at radius 3 is 2.75 bits per heavy atom. The van der Waals surface area contributed by atoms with E-state index >= 15 is 0 Å². The van der Waals surface area contributed by atoms with E-state index in [1.807, 2.05) is 19.9 Å². The van der Waals surface area contributed by atoms with Gasteiger partial charge in [0.2, 0.25) is 0 Å². The van der Waals surface area contributed by atoms with E-state index in [-0.39, 0.29) is 18.1 Å². The molecule has 0 aromatic heterocycles. The molecule has 1 atom stereocenters. The molecule has 0 aliphatic heterocycles. The van der Waals surface area contributed by atoms with Crippen molar-refractivity contribution < 1.29 is 14.3 Å². The lowest BCUT2D eigenvalue weighted by Crippen LogP contribution is -2.39. The van der Waals surface area contributed by atoms with Crippen molar-refractivity contribution >= 4 is 5.91 Å². The summed E-state index contributed by atoms with van der Waals surface area (Å²) in [6.45, 7) is 4.85. The van der Waals surface area contributed by atoms with E-state index in [1.165, 1.54) is 0 Å². The number of benzene rings is 1. The molecular formula is C15H24N2O3. The zero-order valence-electron chi connectivity index (χ0n) is 12.4. The topological polar surface area (TPSA) is 73.6 Å². The second kappa shape index (κ2) is 8.55. The van der Waals surface area contributed by atoms with E-state index in [9.17, 15) is 4.79 Å². The molecule has 1 aromatic rings. The third kappa shape index (κ3) is 5.59. The van der Waals surface area contributed by atoms with Crippen LogP contribution in [0.15, 0.2) is 24.3 Å². The van der Waals surface area contributed by atoms with Gasteiger partial charge in [-0.05, 0) is 45.0 Å². The lowest BCUT2D eigenvalue weighted by Gasteiger charge is -2.17. The number of nitrogens with two attached hydrogens (primary N) is 1. The molecule has 0 heterocycles. The van der Waals surface area contributed by atoms with Crippen molar-refractivity contribution in [2.45, 2.75) is 32.4 Å². The monoisotopic (exact) mass is 280 g/mol. The SMILES string of the molecule is COCC(CCN)NC(=O)c1cccc(OC(C)C)c1. The lowest BCUT2D eigenvalue weighted by atomic mass is 10.1. The van der Waals surface area contributed by atoms with Gasteiger partial charge in [0.25, 0.3) is 5.91 Å². The first-order valence-corrected chi connectivity index (χ1v) is 6.83. The Bertz CT molecular complexity index is 415. The molecule has 0 aliphatic carbocycles. The normalized spacial score (nSPS) is 12.2. The maximum atomic E-state index is 12.2. The smallest absolute Gasteiger partial charge is 0.251 e. The molecule has 1 rings (SSSR count). The van der Waals surface area contributed by atoms with Gasteiger partial charge in [0.15, 0.2) is 0 Å². The predicted molar refractivity (Wildman–Crippen MR) is 79.0 cm³/mol. The van der Waals surface area contributed by atoms with Gasteiger partial charge >= 0.3 is 0 Å². The highest BCUT2D eigenvalue weighted by Crippen LogP contribution is 2.15. The number of amides is 1. The first kappa shape index (κ1) is 16.5. The molecule has 1 unspecified atom stereocenters. The van der Waals surface area contributed by atoms with Crippen LogP contribution in [0.1, 0.15) is 30.6 Å². The highest BCUT2D eigenvalue weighted by atomic mass is 16.5. The zero-order valence-corrected chi connectivity index (χ0v) is 12.4. The number of methoxy groups -OCH3 is 1. The fourth-order valence-corrected chi connectivity index (χ4v) is 1.85. The van der Waals surface area contributed by atoms with Crippen LogP contribution < -0.4 is 15.8 Å². The Balaban J connectivity index is 2.70. The van der Waals surface area contributed by atoms with Crippen molar-refractivity contribution in [3.05, 3.63) is 29.8 Å². The summed E-state index contributed by atoms with van der Waals surface area (Å²) >= 11 is 0. The highest BCUT2D eigenvalue weighted by molar-refractivity contribution is 5.94. The second-order valence-electron chi connectivity index (χ2n) is 4.90. The van der Waals surface area contributed by atoms with Crippen LogP contribution in [-0.4, -0.2) is 38.3 Å². The van der Waals surface area contributed by atoms with Crippen molar-refractivity contribution in [3.63, 3.8) is 0 Å². The summed E-state index contributed by atoms with van der Waals surface area (Å²) in [7, 11) is 1.60. The van der Waals surface area contributed by atoms with Gasteiger partial charge in [0, 0.05) is 12.7 Å². The minimum absolute atomic E-state index is 0.0757. The number of carbonyl (C=O) groups is 1. The highest BCUT2D eigenvalue weighted by Gasteiger charge is 2.13. The Morgan fingerprint density at radius 2 is 2.15 bits per heavy atom. The van der Waals surface area contributed by atoms with Gasteiger partial charge in [-0.15, -0.1) is 0 Å². The Morgan fingerprint density at radius 1 is 1.40 bits per heavy atom. The van der Waals surface area contributed by atoms with Crippen LogP contribution in [0, 0.1) is 0 Å². The number of ether oxygens (including phenoxy) is 2.